The van der Waals surface area contributed by atoms with Crippen LogP contribution in [0.5, 0.6) is 0 Å². The number of nitrogen functional groups attached to an aromatic ring is 1. The van der Waals surface area contributed by atoms with E-state index in [0.717, 1.165) is 30.5 Å². The Morgan fingerprint density at radius 1 is 1.05 bits per heavy atom. The van der Waals surface area contributed by atoms with Crippen LogP contribution < -0.4 is 38.1 Å². The third-order valence-corrected chi connectivity index (χ3v) is 5.75. The maximum Gasteiger partial charge on any atom is 0.379 e. The van der Waals surface area contributed by atoms with E-state index in [0.29, 0.717) is 17.3 Å². The van der Waals surface area contributed by atoms with Crippen molar-refractivity contribution in [2.24, 2.45) is 19.9 Å². The van der Waals surface area contributed by atoms with Gasteiger partial charge in [-0.05, 0) is 25.8 Å². The van der Waals surface area contributed by atoms with Gasteiger partial charge < -0.3 is 21.0 Å². The first-order chi connectivity index (χ1) is 18.5. The third-order valence-electron chi connectivity index (χ3n) is 5.75. The summed E-state index contributed by atoms with van der Waals surface area (Å²) in [6, 6.07) is 0.680. The maximum absolute atomic E-state index is 12.8. The fourth-order valence-electron chi connectivity index (χ4n) is 3.74. The van der Waals surface area contributed by atoms with E-state index in [4.69, 9.17) is 5.84 Å². The average Bonchev–Trinajstić information content (AvgIpc) is 3.46. The van der Waals surface area contributed by atoms with E-state index in [1.807, 2.05) is 0 Å². The zero-order valence-corrected chi connectivity index (χ0v) is 21.4. The second-order valence-electron chi connectivity index (χ2n) is 8.41. The van der Waals surface area contributed by atoms with Gasteiger partial charge in [-0.15, -0.1) is 0 Å². The van der Waals surface area contributed by atoms with Gasteiger partial charge in [0.05, 0.1) is 5.56 Å². The van der Waals surface area contributed by atoms with Crippen molar-refractivity contribution in [3.05, 3.63) is 45.5 Å². The standard InChI is InChI=1S/C21H27N11O3.CHF3/c1-12(26-15-17(29-22)30(2)21(35)31(3)19(15)34)18(33)28-14-6-7-23-16(27-14)13-10-24-20(25-11-13)32-8-4-5-9-32;2-1(3)4/h6-7,10-12,26,29H,4-5,8-9,22H2,1-3H3,(H,23,27,28,33);1H/t12-;/m0./s1. The van der Waals surface area contributed by atoms with E-state index in [1.165, 1.54) is 24.9 Å². The molecule has 4 heterocycles. The predicted octanol–water partition coefficient (Wildman–Crippen LogP) is 0.834. The van der Waals surface area contributed by atoms with Crippen LogP contribution in [0.15, 0.2) is 34.2 Å². The minimum absolute atomic E-state index is 0.0154. The number of nitrogens with two attached hydrogens (primary N) is 1. The van der Waals surface area contributed by atoms with E-state index < -0.39 is 29.9 Å². The molecule has 1 amide bonds. The Morgan fingerprint density at radius 3 is 2.26 bits per heavy atom. The minimum Gasteiger partial charge on any atom is -0.366 e. The highest BCUT2D eigenvalue weighted by Gasteiger charge is 2.21. The lowest BCUT2D eigenvalue weighted by Gasteiger charge is -2.19. The molecule has 1 aliphatic rings. The Balaban J connectivity index is 0.000000983. The van der Waals surface area contributed by atoms with Gasteiger partial charge in [0, 0.05) is 45.8 Å². The van der Waals surface area contributed by atoms with Gasteiger partial charge in [0.2, 0.25) is 11.9 Å². The number of amides is 1. The number of halogens is 3. The van der Waals surface area contributed by atoms with Crippen LogP contribution in [-0.2, 0) is 18.9 Å². The minimum atomic E-state index is -3.67. The molecule has 0 unspecified atom stereocenters. The van der Waals surface area contributed by atoms with Gasteiger partial charge in [0.25, 0.3) is 5.56 Å². The van der Waals surface area contributed by atoms with Crippen LogP contribution in [0.4, 0.5) is 36.4 Å². The number of aromatic nitrogens is 6. The SMILES string of the molecule is C[C@H](Nc1c(NN)n(C)c(=O)n(C)c1=O)C(=O)Nc1ccnc(-c2cnc(N3CCCC3)nc2)n1.FC(F)F. The summed E-state index contributed by atoms with van der Waals surface area (Å²) in [4.78, 5) is 57.1. The first-order valence-electron chi connectivity index (χ1n) is 11.7. The molecule has 4 rings (SSSR count). The Bertz CT molecular complexity index is 1400. The normalized spacial score (nSPS) is 13.5. The van der Waals surface area contributed by atoms with Crippen molar-refractivity contribution in [1.82, 2.24) is 29.1 Å². The van der Waals surface area contributed by atoms with Crippen molar-refractivity contribution in [1.29, 1.82) is 0 Å². The molecule has 210 valence electrons. The molecule has 0 saturated carbocycles. The lowest BCUT2D eigenvalue weighted by Crippen LogP contribution is -2.42. The summed E-state index contributed by atoms with van der Waals surface area (Å²) in [6.45, 7) is -0.219. The number of hydrazine groups is 1. The average molecular weight is 552 g/mol. The van der Waals surface area contributed by atoms with Gasteiger partial charge in [-0.1, -0.05) is 0 Å². The van der Waals surface area contributed by atoms with Crippen molar-refractivity contribution < 1.29 is 18.0 Å². The summed E-state index contributed by atoms with van der Waals surface area (Å²) in [5.41, 5.74) is 1.75. The van der Waals surface area contributed by atoms with E-state index in [1.54, 1.807) is 25.4 Å². The van der Waals surface area contributed by atoms with Crippen LogP contribution in [-0.4, -0.2) is 60.8 Å². The molecule has 14 nitrogen and oxygen atoms in total. The summed E-state index contributed by atoms with van der Waals surface area (Å²) in [7, 11) is 2.79. The van der Waals surface area contributed by atoms with Gasteiger partial charge in [-0.25, -0.2) is 30.6 Å². The Hall–Kier alpha value is -4.54. The lowest BCUT2D eigenvalue weighted by atomic mass is 10.3. The third kappa shape index (κ3) is 7.07. The highest BCUT2D eigenvalue weighted by molar-refractivity contribution is 5.96. The number of nitrogens with one attached hydrogen (secondary N) is 3. The summed E-state index contributed by atoms with van der Waals surface area (Å²) in [5.74, 6) is 6.39. The smallest absolute Gasteiger partial charge is 0.366 e. The first-order valence-corrected chi connectivity index (χ1v) is 11.7. The molecule has 1 atom stereocenters. The molecular weight excluding hydrogens is 523 g/mol. The van der Waals surface area contributed by atoms with Crippen LogP contribution in [0, 0.1) is 0 Å². The summed E-state index contributed by atoms with van der Waals surface area (Å²) in [5, 5.41) is 5.52. The monoisotopic (exact) mass is 551 g/mol. The van der Waals surface area contributed by atoms with Crippen molar-refractivity contribution in [3.8, 4) is 11.4 Å². The Morgan fingerprint density at radius 2 is 1.67 bits per heavy atom. The predicted molar refractivity (Wildman–Crippen MR) is 138 cm³/mol. The van der Waals surface area contributed by atoms with E-state index in [2.05, 4.69) is 40.9 Å². The Labute approximate surface area is 220 Å². The van der Waals surface area contributed by atoms with Crippen molar-refractivity contribution in [3.63, 3.8) is 0 Å². The number of rotatable bonds is 7. The van der Waals surface area contributed by atoms with Gasteiger partial charge in [-0.2, -0.15) is 13.2 Å². The number of alkyl halides is 3. The number of nitrogens with zero attached hydrogens (tertiary/aromatic N) is 7. The van der Waals surface area contributed by atoms with Crippen LogP contribution in [0.2, 0.25) is 0 Å². The molecule has 1 fully saturated rings. The van der Waals surface area contributed by atoms with E-state index in [9.17, 15) is 27.6 Å². The van der Waals surface area contributed by atoms with Crippen LogP contribution in [0.3, 0.4) is 0 Å². The molecule has 0 aromatic carbocycles. The maximum atomic E-state index is 12.8. The van der Waals surface area contributed by atoms with Gasteiger partial charge >= 0.3 is 12.4 Å². The highest BCUT2D eigenvalue weighted by atomic mass is 19.4. The molecule has 39 heavy (non-hydrogen) atoms. The zero-order chi connectivity index (χ0) is 28.7. The second kappa shape index (κ2) is 12.8. The molecule has 1 aliphatic heterocycles. The molecule has 3 aromatic rings. The number of hydrogen-bond donors (Lipinski definition) is 4. The molecule has 0 radical (unpaired) electrons. The van der Waals surface area contributed by atoms with E-state index >= 15 is 0 Å². The molecular formula is C22H28F3N11O3. The van der Waals surface area contributed by atoms with Crippen molar-refractivity contribution in [2.45, 2.75) is 32.5 Å². The van der Waals surface area contributed by atoms with Crippen molar-refractivity contribution in [2.75, 3.05) is 34.0 Å². The number of carbonyl (C=O) groups is 1. The lowest BCUT2D eigenvalue weighted by molar-refractivity contribution is -0.116. The van der Waals surface area contributed by atoms with Crippen LogP contribution >= 0.6 is 0 Å². The molecule has 17 heteroatoms. The summed E-state index contributed by atoms with van der Waals surface area (Å²) < 4.78 is 31.1. The highest BCUT2D eigenvalue weighted by Crippen LogP contribution is 2.19. The summed E-state index contributed by atoms with van der Waals surface area (Å²) >= 11 is 0. The van der Waals surface area contributed by atoms with E-state index in [-0.39, 0.29) is 17.3 Å². The van der Waals surface area contributed by atoms with Gasteiger partial charge in [0.1, 0.15) is 17.5 Å². The van der Waals surface area contributed by atoms with Crippen LogP contribution in [0.1, 0.15) is 19.8 Å². The van der Waals surface area contributed by atoms with Crippen LogP contribution in [0.25, 0.3) is 11.4 Å². The molecule has 0 spiro atoms. The number of carbonyl (C=O) groups excluding carboxylic acids is 1. The fourth-order valence-corrected chi connectivity index (χ4v) is 3.74. The molecule has 1 saturated heterocycles. The number of hydrogen-bond acceptors (Lipinski definition) is 11. The first kappa shape index (κ1) is 29.0. The van der Waals surface area contributed by atoms with Gasteiger partial charge in [0.15, 0.2) is 11.6 Å². The fraction of sp³-hybridized carbons (Fsp3) is 0.409. The molecule has 3 aromatic heterocycles. The Kier molecular flexibility index (Phi) is 9.53. The van der Waals surface area contributed by atoms with Gasteiger partial charge in [-0.3, -0.25) is 18.7 Å². The molecule has 0 bridgehead atoms. The number of anilines is 4. The molecule has 5 N–H and O–H groups in total. The quantitative estimate of drug-likeness (QED) is 0.242. The van der Waals surface area contributed by atoms with Crippen molar-refractivity contribution >= 4 is 29.2 Å². The topological polar surface area (TPSA) is 178 Å². The largest absolute Gasteiger partial charge is 0.379 e. The second-order valence-corrected chi connectivity index (χ2v) is 8.41. The zero-order valence-electron chi connectivity index (χ0n) is 21.4. The molecule has 0 aliphatic carbocycles. The summed E-state index contributed by atoms with van der Waals surface area (Å²) in [6.07, 6.45) is 7.09.